The van der Waals surface area contributed by atoms with Gasteiger partial charge in [-0.05, 0) is 46.0 Å². The van der Waals surface area contributed by atoms with Gasteiger partial charge in [0, 0.05) is 0 Å². The van der Waals surface area contributed by atoms with Gasteiger partial charge in [0.15, 0.2) is 0 Å². The number of hydrogen-bond acceptors (Lipinski definition) is 1. The van der Waals surface area contributed by atoms with Crippen molar-refractivity contribution >= 4 is 15.9 Å². The number of rotatable bonds is 4. The smallest absolute Gasteiger partial charge is 0.281 e. The van der Waals surface area contributed by atoms with Crippen molar-refractivity contribution in [1.82, 2.24) is 9.78 Å². The molecular formula is C14H16BrFN2O. The van der Waals surface area contributed by atoms with Crippen LogP contribution in [-0.2, 0) is 13.0 Å². The molecule has 1 aromatic carbocycles. The van der Waals surface area contributed by atoms with Crippen LogP contribution in [0.15, 0.2) is 33.5 Å². The zero-order chi connectivity index (χ0) is 14.0. The van der Waals surface area contributed by atoms with E-state index in [1.165, 1.54) is 16.8 Å². The lowest BCUT2D eigenvalue weighted by Crippen LogP contribution is -2.17. The Balaban J connectivity index is 2.26. The van der Waals surface area contributed by atoms with Crippen LogP contribution in [0.5, 0.6) is 0 Å². The number of nitrogens with one attached hydrogen (secondary N) is 1. The third kappa shape index (κ3) is 3.35. The maximum atomic E-state index is 12.8. The Morgan fingerprint density at radius 2 is 1.95 bits per heavy atom. The molecule has 3 nitrogen and oxygen atoms in total. The number of hydrogen-bond donors (Lipinski definition) is 1. The summed E-state index contributed by atoms with van der Waals surface area (Å²) in [5.74, 6) is 0.192. The van der Waals surface area contributed by atoms with Gasteiger partial charge in [0.25, 0.3) is 5.56 Å². The molecule has 0 aliphatic carbocycles. The predicted octanol–water partition coefficient (Wildman–Crippen LogP) is 3.32. The Morgan fingerprint density at radius 1 is 1.32 bits per heavy atom. The molecule has 0 unspecified atom stereocenters. The third-order valence-corrected chi connectivity index (χ3v) is 3.65. The quantitative estimate of drug-likeness (QED) is 0.919. The van der Waals surface area contributed by atoms with Crippen LogP contribution in [0.1, 0.15) is 25.1 Å². The van der Waals surface area contributed by atoms with Gasteiger partial charge < -0.3 is 0 Å². The highest BCUT2D eigenvalue weighted by Gasteiger charge is 2.12. The van der Waals surface area contributed by atoms with Gasteiger partial charge in [0.1, 0.15) is 10.3 Å². The van der Waals surface area contributed by atoms with Crippen molar-refractivity contribution in [3.05, 3.63) is 56.2 Å². The van der Waals surface area contributed by atoms with Crippen molar-refractivity contribution in [2.24, 2.45) is 5.92 Å². The molecule has 0 bridgehead atoms. The zero-order valence-electron chi connectivity index (χ0n) is 10.9. The SMILES string of the molecule is CC(C)Cc1[nH]n(Cc2ccc(F)cc2)c(=O)c1Br. The van der Waals surface area contributed by atoms with E-state index < -0.39 is 0 Å². The normalized spacial score (nSPS) is 11.2. The van der Waals surface area contributed by atoms with Crippen LogP contribution >= 0.6 is 15.9 Å². The minimum Gasteiger partial charge on any atom is -0.298 e. The van der Waals surface area contributed by atoms with E-state index in [4.69, 9.17) is 0 Å². The molecule has 0 aliphatic heterocycles. The molecule has 0 aliphatic rings. The van der Waals surface area contributed by atoms with Crippen molar-refractivity contribution in [1.29, 1.82) is 0 Å². The zero-order valence-corrected chi connectivity index (χ0v) is 12.5. The average Bonchev–Trinajstić information content (AvgIpc) is 2.60. The van der Waals surface area contributed by atoms with Crippen molar-refractivity contribution in [3.63, 3.8) is 0 Å². The summed E-state index contributed by atoms with van der Waals surface area (Å²) < 4.78 is 15.0. The van der Waals surface area contributed by atoms with E-state index in [1.54, 1.807) is 12.1 Å². The van der Waals surface area contributed by atoms with Gasteiger partial charge >= 0.3 is 0 Å². The molecule has 1 heterocycles. The molecule has 19 heavy (non-hydrogen) atoms. The Morgan fingerprint density at radius 3 is 2.53 bits per heavy atom. The van der Waals surface area contributed by atoms with Crippen LogP contribution < -0.4 is 5.56 Å². The van der Waals surface area contributed by atoms with Crippen molar-refractivity contribution in [3.8, 4) is 0 Å². The number of benzene rings is 1. The first-order valence-corrected chi connectivity index (χ1v) is 6.98. The lowest BCUT2D eigenvalue weighted by Gasteiger charge is -2.04. The second-order valence-electron chi connectivity index (χ2n) is 5.02. The minimum atomic E-state index is -0.274. The fourth-order valence-corrected chi connectivity index (χ4v) is 2.40. The fraction of sp³-hybridized carbons (Fsp3) is 0.357. The van der Waals surface area contributed by atoms with Crippen LogP contribution in [0.2, 0.25) is 0 Å². The van der Waals surface area contributed by atoms with Crippen molar-refractivity contribution in [2.75, 3.05) is 0 Å². The molecule has 102 valence electrons. The highest BCUT2D eigenvalue weighted by Crippen LogP contribution is 2.15. The summed E-state index contributed by atoms with van der Waals surface area (Å²) in [5.41, 5.74) is 1.70. The van der Waals surface area contributed by atoms with Gasteiger partial charge in [-0.25, -0.2) is 9.07 Å². The number of aromatic nitrogens is 2. The van der Waals surface area contributed by atoms with Crippen molar-refractivity contribution < 1.29 is 4.39 Å². The molecule has 0 radical (unpaired) electrons. The Hall–Kier alpha value is -1.36. The summed E-state index contributed by atoms with van der Waals surface area (Å²) in [7, 11) is 0. The van der Waals surface area contributed by atoms with Crippen LogP contribution in [0.25, 0.3) is 0 Å². The van der Waals surface area contributed by atoms with E-state index >= 15 is 0 Å². The lowest BCUT2D eigenvalue weighted by molar-refractivity contribution is 0.600. The van der Waals surface area contributed by atoms with Gasteiger partial charge in [-0.2, -0.15) is 0 Å². The predicted molar refractivity (Wildman–Crippen MR) is 76.8 cm³/mol. The van der Waals surface area contributed by atoms with Gasteiger partial charge in [0.05, 0.1) is 12.2 Å². The maximum Gasteiger partial charge on any atom is 0.281 e. The second kappa shape index (κ2) is 5.74. The number of halogens is 2. The van der Waals surface area contributed by atoms with Crippen LogP contribution in [-0.4, -0.2) is 9.78 Å². The highest BCUT2D eigenvalue weighted by atomic mass is 79.9. The summed E-state index contributed by atoms with van der Waals surface area (Å²) in [6.07, 6.45) is 0.812. The number of aromatic amines is 1. The average molecular weight is 327 g/mol. The van der Waals surface area contributed by atoms with Crippen LogP contribution in [0.3, 0.4) is 0 Å². The van der Waals surface area contributed by atoms with Gasteiger partial charge in [-0.15, -0.1) is 0 Å². The first-order valence-electron chi connectivity index (χ1n) is 6.19. The molecule has 2 rings (SSSR count). The largest absolute Gasteiger partial charge is 0.298 e. The Bertz CT molecular complexity index is 613. The summed E-state index contributed by atoms with van der Waals surface area (Å²) >= 11 is 3.33. The van der Waals surface area contributed by atoms with Crippen molar-refractivity contribution in [2.45, 2.75) is 26.8 Å². The topological polar surface area (TPSA) is 37.8 Å². The van der Waals surface area contributed by atoms with E-state index in [0.29, 0.717) is 16.9 Å². The Kier molecular flexibility index (Phi) is 4.24. The molecular weight excluding hydrogens is 311 g/mol. The molecule has 0 amide bonds. The lowest BCUT2D eigenvalue weighted by atomic mass is 10.1. The summed E-state index contributed by atoms with van der Waals surface area (Å²) in [5, 5.41) is 3.11. The van der Waals surface area contributed by atoms with Crippen LogP contribution in [0.4, 0.5) is 4.39 Å². The van der Waals surface area contributed by atoms with Gasteiger partial charge in [0.2, 0.25) is 0 Å². The van der Waals surface area contributed by atoms with Crippen LogP contribution in [0, 0.1) is 11.7 Å². The van der Waals surface area contributed by atoms with Gasteiger partial charge in [-0.1, -0.05) is 26.0 Å². The molecule has 0 spiro atoms. The van der Waals surface area contributed by atoms with E-state index in [1.807, 2.05) is 0 Å². The maximum absolute atomic E-state index is 12.8. The van der Waals surface area contributed by atoms with E-state index in [9.17, 15) is 9.18 Å². The van der Waals surface area contributed by atoms with E-state index in [-0.39, 0.29) is 11.4 Å². The molecule has 0 atom stereocenters. The monoisotopic (exact) mass is 326 g/mol. The number of H-pyrrole nitrogens is 1. The summed E-state index contributed by atoms with van der Waals surface area (Å²) in [6.45, 7) is 4.61. The second-order valence-corrected chi connectivity index (χ2v) is 5.81. The van der Waals surface area contributed by atoms with Gasteiger partial charge in [-0.3, -0.25) is 9.89 Å². The fourth-order valence-electron chi connectivity index (χ4n) is 1.94. The summed E-state index contributed by atoms with van der Waals surface area (Å²) in [4.78, 5) is 12.1. The molecule has 5 heteroatoms. The van der Waals surface area contributed by atoms with E-state index in [2.05, 4.69) is 34.9 Å². The number of nitrogens with zero attached hydrogens (tertiary/aromatic N) is 1. The summed E-state index contributed by atoms with van der Waals surface area (Å²) in [6, 6.07) is 6.15. The minimum absolute atomic E-state index is 0.0834. The highest BCUT2D eigenvalue weighted by molar-refractivity contribution is 9.10. The molecule has 0 saturated carbocycles. The molecule has 1 N–H and O–H groups in total. The Labute approximate surface area is 119 Å². The molecule has 0 fully saturated rings. The standard InChI is InChI=1S/C14H16BrFN2O/c1-9(2)7-12-13(15)14(19)18(17-12)8-10-3-5-11(16)6-4-10/h3-6,9,17H,7-8H2,1-2H3. The molecule has 0 saturated heterocycles. The first kappa shape index (κ1) is 14.1. The molecule has 1 aromatic heterocycles. The third-order valence-electron chi connectivity index (χ3n) is 2.83. The molecule has 2 aromatic rings. The first-order chi connectivity index (χ1) is 8.97. The van der Waals surface area contributed by atoms with E-state index in [0.717, 1.165) is 17.7 Å².